The molecule has 1 aliphatic carbocycles. The van der Waals surface area contributed by atoms with Gasteiger partial charge in [-0.25, -0.2) is 0 Å². The van der Waals surface area contributed by atoms with Gasteiger partial charge in [-0.15, -0.1) is 10.2 Å². The Bertz CT molecular complexity index is 1240. The molecular weight excluding hydrogens is 440 g/mol. The summed E-state index contributed by atoms with van der Waals surface area (Å²) in [6.45, 7) is 7.60. The van der Waals surface area contributed by atoms with Crippen molar-refractivity contribution < 1.29 is 4.74 Å². The van der Waals surface area contributed by atoms with Crippen LogP contribution in [0.5, 0.6) is 5.75 Å². The number of hydrogen-bond donors (Lipinski definition) is 0. The summed E-state index contributed by atoms with van der Waals surface area (Å²) in [5.41, 5.74) is 0.332. The first-order valence-corrected chi connectivity index (χ1v) is 12.1. The maximum absolute atomic E-state index is 12.5. The van der Waals surface area contributed by atoms with Crippen molar-refractivity contribution in [3.8, 4) is 5.75 Å². The Morgan fingerprint density at radius 3 is 2.82 bits per heavy atom. The van der Waals surface area contributed by atoms with Crippen LogP contribution in [0, 0.1) is 5.41 Å². The normalized spacial score (nSPS) is 20.5. The van der Waals surface area contributed by atoms with Crippen LogP contribution in [-0.4, -0.2) is 68.0 Å². The maximum atomic E-state index is 12.5. The fraction of sp³-hybridized carbons (Fsp3) is 0.542. The van der Waals surface area contributed by atoms with E-state index in [-0.39, 0.29) is 11.7 Å². The first-order chi connectivity index (χ1) is 16.0. The third kappa shape index (κ3) is 3.84. The second kappa shape index (κ2) is 8.11. The highest BCUT2D eigenvalue weighted by Crippen LogP contribution is 2.50. The van der Waals surface area contributed by atoms with E-state index < -0.39 is 0 Å². The van der Waals surface area contributed by atoms with Crippen molar-refractivity contribution in [1.82, 2.24) is 29.1 Å². The molecule has 1 spiro atoms. The summed E-state index contributed by atoms with van der Waals surface area (Å²) in [5.74, 6) is 1.85. The number of halogens is 1. The van der Waals surface area contributed by atoms with Crippen LogP contribution in [0.1, 0.15) is 25.1 Å². The highest BCUT2D eigenvalue weighted by Gasteiger charge is 2.53. The summed E-state index contributed by atoms with van der Waals surface area (Å²) in [4.78, 5) is 17.6. The summed E-state index contributed by atoms with van der Waals surface area (Å²) in [5, 5.41) is 10.0. The van der Waals surface area contributed by atoms with E-state index in [9.17, 15) is 4.79 Å². The standard InChI is InChI=1S/C24H29ClN6O2/c1-28-8-5-18-20(4-3-19(25)22(18)23(28)32)33-17-11-24(12-17)14-30(15-24)7-2-6-29-9-10-31-16-26-27-21(31)13-29/h3-5,8,16-17H,2,6-7,9-15H2,1H3. The average molecular weight is 469 g/mol. The van der Waals surface area contributed by atoms with Crippen molar-refractivity contribution in [1.29, 1.82) is 0 Å². The molecule has 1 saturated heterocycles. The zero-order valence-corrected chi connectivity index (χ0v) is 19.7. The van der Waals surface area contributed by atoms with E-state index in [1.54, 1.807) is 23.9 Å². The van der Waals surface area contributed by atoms with Gasteiger partial charge in [0.1, 0.15) is 17.9 Å². The van der Waals surface area contributed by atoms with E-state index in [1.165, 1.54) is 19.5 Å². The predicted molar refractivity (Wildman–Crippen MR) is 127 cm³/mol. The molecule has 0 radical (unpaired) electrons. The van der Waals surface area contributed by atoms with Crippen LogP contribution in [0.4, 0.5) is 0 Å². The highest BCUT2D eigenvalue weighted by atomic mass is 35.5. The van der Waals surface area contributed by atoms with Gasteiger partial charge >= 0.3 is 0 Å². The summed E-state index contributed by atoms with van der Waals surface area (Å²) in [6, 6.07) is 5.58. The van der Waals surface area contributed by atoms with E-state index in [1.807, 2.05) is 18.5 Å². The lowest BCUT2D eigenvalue weighted by atomic mass is 9.61. The van der Waals surface area contributed by atoms with Gasteiger partial charge in [0.15, 0.2) is 0 Å². The summed E-state index contributed by atoms with van der Waals surface area (Å²) in [6.07, 6.45) is 7.18. The lowest BCUT2D eigenvalue weighted by molar-refractivity contribution is -0.119. The van der Waals surface area contributed by atoms with Crippen molar-refractivity contribution in [2.24, 2.45) is 12.5 Å². The number of aryl methyl sites for hydroxylation is 1. The van der Waals surface area contributed by atoms with Gasteiger partial charge in [0.05, 0.1) is 23.1 Å². The van der Waals surface area contributed by atoms with Crippen molar-refractivity contribution >= 4 is 22.4 Å². The van der Waals surface area contributed by atoms with Crippen molar-refractivity contribution in [3.05, 3.63) is 51.9 Å². The molecule has 2 aliphatic heterocycles. The molecule has 6 rings (SSSR count). The van der Waals surface area contributed by atoms with Gasteiger partial charge < -0.3 is 18.8 Å². The highest BCUT2D eigenvalue weighted by molar-refractivity contribution is 6.35. The van der Waals surface area contributed by atoms with E-state index in [2.05, 4.69) is 24.6 Å². The van der Waals surface area contributed by atoms with E-state index >= 15 is 0 Å². The lowest BCUT2D eigenvalue weighted by Crippen LogP contribution is -2.64. The van der Waals surface area contributed by atoms with Crippen LogP contribution in [0.15, 0.2) is 35.5 Å². The average Bonchev–Trinajstić information content (AvgIpc) is 3.22. The van der Waals surface area contributed by atoms with Gasteiger partial charge in [0.25, 0.3) is 5.56 Å². The Kier molecular flexibility index (Phi) is 5.19. The van der Waals surface area contributed by atoms with Crippen LogP contribution < -0.4 is 10.3 Å². The Morgan fingerprint density at radius 1 is 1.15 bits per heavy atom. The lowest BCUT2D eigenvalue weighted by Gasteiger charge is -2.58. The zero-order valence-electron chi connectivity index (χ0n) is 18.9. The summed E-state index contributed by atoms with van der Waals surface area (Å²) < 4.78 is 10.0. The molecule has 3 aromatic rings. The monoisotopic (exact) mass is 468 g/mol. The number of nitrogens with zero attached hydrogens (tertiary/aromatic N) is 6. The molecular formula is C24H29ClN6O2. The molecule has 3 aliphatic rings. The number of benzene rings is 1. The molecule has 1 saturated carbocycles. The number of likely N-dealkylation sites (tertiary alicyclic amines) is 1. The second-order valence-electron chi connectivity index (χ2n) is 10.00. The molecule has 4 heterocycles. The van der Waals surface area contributed by atoms with Gasteiger partial charge in [-0.3, -0.25) is 9.69 Å². The Balaban J connectivity index is 0.975. The van der Waals surface area contributed by atoms with Crippen LogP contribution in [0.3, 0.4) is 0 Å². The summed E-state index contributed by atoms with van der Waals surface area (Å²) >= 11 is 6.31. The van der Waals surface area contributed by atoms with Crippen molar-refractivity contribution in [2.45, 2.75) is 38.5 Å². The SMILES string of the molecule is Cn1ccc2c(OC3CC4(C3)CN(CCCN3CCn5cnnc5C3)C4)ccc(Cl)c2c1=O. The van der Waals surface area contributed by atoms with Gasteiger partial charge in [-0.1, -0.05) is 11.6 Å². The fourth-order valence-corrected chi connectivity index (χ4v) is 6.05. The molecule has 0 atom stereocenters. The Labute approximate surface area is 197 Å². The molecule has 1 aromatic carbocycles. The molecule has 0 bridgehead atoms. The van der Waals surface area contributed by atoms with Crippen molar-refractivity contribution in [2.75, 3.05) is 32.7 Å². The molecule has 0 amide bonds. The fourth-order valence-electron chi connectivity index (χ4n) is 5.80. The number of pyridine rings is 1. The Morgan fingerprint density at radius 2 is 1.97 bits per heavy atom. The van der Waals surface area contributed by atoms with Gasteiger partial charge in [-0.05, 0) is 50.6 Å². The van der Waals surface area contributed by atoms with Crippen LogP contribution in [-0.2, 0) is 20.1 Å². The van der Waals surface area contributed by atoms with Crippen LogP contribution in [0.2, 0.25) is 5.02 Å². The smallest absolute Gasteiger partial charge is 0.259 e. The first-order valence-electron chi connectivity index (χ1n) is 11.8. The minimum absolute atomic E-state index is 0.0888. The largest absolute Gasteiger partial charge is 0.490 e. The van der Waals surface area contributed by atoms with E-state index in [0.29, 0.717) is 15.8 Å². The molecule has 9 heteroatoms. The molecule has 2 fully saturated rings. The minimum Gasteiger partial charge on any atom is -0.490 e. The van der Waals surface area contributed by atoms with Crippen LogP contribution >= 0.6 is 11.6 Å². The molecule has 2 aromatic heterocycles. The quantitative estimate of drug-likeness (QED) is 0.553. The molecule has 33 heavy (non-hydrogen) atoms. The number of fused-ring (bicyclic) bond motifs is 2. The number of aromatic nitrogens is 4. The number of ether oxygens (including phenoxy) is 1. The number of hydrogen-bond acceptors (Lipinski definition) is 6. The Hall–Kier alpha value is -2.42. The molecule has 0 unspecified atom stereocenters. The zero-order chi connectivity index (χ0) is 22.6. The number of rotatable bonds is 6. The second-order valence-corrected chi connectivity index (χ2v) is 10.4. The third-order valence-corrected chi connectivity index (χ3v) is 7.87. The van der Waals surface area contributed by atoms with Gasteiger partial charge in [0, 0.05) is 50.2 Å². The van der Waals surface area contributed by atoms with Crippen molar-refractivity contribution in [3.63, 3.8) is 0 Å². The van der Waals surface area contributed by atoms with Gasteiger partial charge in [0.2, 0.25) is 0 Å². The van der Waals surface area contributed by atoms with E-state index in [4.69, 9.17) is 16.3 Å². The molecule has 174 valence electrons. The predicted octanol–water partition coefficient (Wildman–Crippen LogP) is 2.53. The minimum atomic E-state index is -0.0888. The maximum Gasteiger partial charge on any atom is 0.259 e. The van der Waals surface area contributed by atoms with E-state index in [0.717, 1.165) is 62.5 Å². The third-order valence-electron chi connectivity index (χ3n) is 7.55. The topological polar surface area (TPSA) is 68.4 Å². The first kappa shape index (κ1) is 21.1. The van der Waals surface area contributed by atoms with Gasteiger partial charge in [-0.2, -0.15) is 0 Å². The molecule has 8 nitrogen and oxygen atoms in total. The van der Waals surface area contributed by atoms with Crippen LogP contribution in [0.25, 0.3) is 10.8 Å². The molecule has 0 N–H and O–H groups in total. The summed E-state index contributed by atoms with van der Waals surface area (Å²) in [7, 11) is 1.74.